The highest BCUT2D eigenvalue weighted by Gasteiger charge is 2.29. The van der Waals surface area contributed by atoms with Gasteiger partial charge in [0.05, 0.1) is 17.5 Å². The Morgan fingerprint density at radius 3 is 2.50 bits per heavy atom. The summed E-state index contributed by atoms with van der Waals surface area (Å²) in [6.45, 7) is 3.48. The van der Waals surface area contributed by atoms with Crippen LogP contribution in [0.4, 0.5) is 25.0 Å². The van der Waals surface area contributed by atoms with Crippen LogP contribution in [-0.4, -0.2) is 55.1 Å². The van der Waals surface area contributed by atoms with Crippen LogP contribution in [0.3, 0.4) is 0 Å². The van der Waals surface area contributed by atoms with Crippen molar-refractivity contribution in [3.63, 3.8) is 0 Å². The van der Waals surface area contributed by atoms with E-state index in [4.69, 9.17) is 10.5 Å². The molecule has 1 aromatic heterocycles. The molecule has 44 heavy (non-hydrogen) atoms. The van der Waals surface area contributed by atoms with E-state index in [1.807, 2.05) is 6.07 Å². The minimum absolute atomic E-state index is 0.167. The molecule has 14 heteroatoms. The molecule has 2 atom stereocenters. The first-order chi connectivity index (χ1) is 20.9. The molecule has 2 heterocycles. The predicted octanol–water partition coefficient (Wildman–Crippen LogP) is 4.97. The maximum atomic E-state index is 14.2. The number of amides is 3. The predicted molar refractivity (Wildman–Crippen MR) is 163 cm³/mol. The first-order valence-electron chi connectivity index (χ1n) is 14.2. The van der Waals surface area contributed by atoms with E-state index in [1.54, 1.807) is 36.5 Å². The Morgan fingerprint density at radius 1 is 1.11 bits per heavy atom. The van der Waals surface area contributed by atoms with Gasteiger partial charge in [-0.3, -0.25) is 14.4 Å². The number of aromatic nitrogens is 1. The summed E-state index contributed by atoms with van der Waals surface area (Å²) in [5, 5.41) is 5.24. The van der Waals surface area contributed by atoms with Crippen molar-refractivity contribution < 1.29 is 31.5 Å². The number of nitrogens with two attached hydrogens (primary N) is 1. The number of primary amides is 1. The van der Waals surface area contributed by atoms with Crippen LogP contribution in [0.2, 0.25) is 0 Å². The van der Waals surface area contributed by atoms with E-state index in [0.717, 1.165) is 37.1 Å². The highest BCUT2D eigenvalue weighted by molar-refractivity contribution is 7.92. The van der Waals surface area contributed by atoms with Crippen molar-refractivity contribution >= 4 is 33.3 Å². The quantitative estimate of drug-likeness (QED) is 0.220. The Labute approximate surface area is 255 Å². The van der Waals surface area contributed by atoms with Crippen molar-refractivity contribution in [3.8, 4) is 11.6 Å². The Bertz CT molecular complexity index is 1570. The summed E-state index contributed by atoms with van der Waals surface area (Å²) in [5.74, 6) is -2.26. The SMILES string of the molecule is CCCCC1CC(NC(=O)Nc2cc(C(N)=O)c(F)cc2F)CCN1Cc1ccc(Oc2ccc(NS(C)(=O)=O)cc2)nc1. The molecule has 1 aliphatic heterocycles. The van der Waals surface area contributed by atoms with Crippen molar-refractivity contribution in [1.82, 2.24) is 15.2 Å². The summed E-state index contributed by atoms with van der Waals surface area (Å²) < 4.78 is 59.0. The molecule has 2 unspecified atom stereocenters. The first-order valence-corrected chi connectivity index (χ1v) is 16.1. The van der Waals surface area contributed by atoms with Gasteiger partial charge in [-0.2, -0.15) is 0 Å². The molecule has 11 nitrogen and oxygen atoms in total. The van der Waals surface area contributed by atoms with Gasteiger partial charge in [-0.1, -0.05) is 25.8 Å². The fourth-order valence-electron chi connectivity index (χ4n) is 5.08. The smallest absolute Gasteiger partial charge is 0.319 e. The molecule has 0 aliphatic carbocycles. The number of nitrogens with one attached hydrogen (secondary N) is 3. The Kier molecular flexibility index (Phi) is 10.7. The van der Waals surface area contributed by atoms with E-state index in [9.17, 15) is 26.8 Å². The number of anilines is 2. The minimum atomic E-state index is -3.37. The average Bonchev–Trinajstić information content (AvgIpc) is 2.95. The zero-order valence-electron chi connectivity index (χ0n) is 24.5. The average molecular weight is 631 g/mol. The third-order valence-electron chi connectivity index (χ3n) is 7.20. The monoisotopic (exact) mass is 630 g/mol. The van der Waals surface area contributed by atoms with E-state index in [1.165, 1.54) is 0 Å². The molecule has 3 amide bonds. The standard InChI is InChI=1S/C30H36F2N6O5S/c1-3-4-5-22-14-21(35-30(40)36-27-15-24(29(33)39)25(31)16-26(27)32)12-13-38(22)18-19-6-11-28(34-17-19)43-23-9-7-20(8-10-23)37-44(2,41)42/h6-11,15-17,21-22,37H,3-5,12-14,18H2,1-2H3,(H2,33,39)(H2,35,36,40). The molecule has 0 spiro atoms. The number of nitrogens with zero attached hydrogens (tertiary/aromatic N) is 2. The highest BCUT2D eigenvalue weighted by Crippen LogP contribution is 2.26. The lowest BCUT2D eigenvalue weighted by atomic mass is 9.93. The highest BCUT2D eigenvalue weighted by atomic mass is 32.2. The summed E-state index contributed by atoms with van der Waals surface area (Å²) in [7, 11) is -3.37. The van der Waals surface area contributed by atoms with Crippen LogP contribution in [0.25, 0.3) is 0 Å². The minimum Gasteiger partial charge on any atom is -0.439 e. The number of benzene rings is 2. The van der Waals surface area contributed by atoms with E-state index in [0.29, 0.717) is 49.3 Å². The number of hydrogen-bond donors (Lipinski definition) is 4. The molecular weight excluding hydrogens is 594 g/mol. The van der Waals surface area contributed by atoms with Gasteiger partial charge in [-0.05, 0) is 55.2 Å². The van der Waals surface area contributed by atoms with Gasteiger partial charge < -0.3 is 21.1 Å². The third kappa shape index (κ3) is 9.35. The van der Waals surface area contributed by atoms with Crippen molar-refractivity contribution in [2.45, 2.75) is 57.7 Å². The zero-order chi connectivity index (χ0) is 31.9. The van der Waals surface area contributed by atoms with E-state index < -0.39 is 39.2 Å². The topological polar surface area (TPSA) is 156 Å². The Hall–Kier alpha value is -4.30. The number of carbonyl (C=O) groups is 2. The van der Waals surface area contributed by atoms with E-state index >= 15 is 0 Å². The number of urea groups is 1. The van der Waals surface area contributed by atoms with Crippen LogP contribution in [-0.2, 0) is 16.6 Å². The molecule has 3 aromatic rings. The summed E-state index contributed by atoms with van der Waals surface area (Å²) in [6, 6.07) is 11.0. The number of pyridine rings is 1. The van der Waals surface area contributed by atoms with Gasteiger partial charge in [0.1, 0.15) is 17.4 Å². The normalized spacial score (nSPS) is 17.1. The molecule has 2 aromatic carbocycles. The lowest BCUT2D eigenvalue weighted by molar-refractivity contribution is 0.0996. The Balaban J connectivity index is 1.33. The molecule has 1 aliphatic rings. The summed E-state index contributed by atoms with van der Waals surface area (Å²) >= 11 is 0. The van der Waals surface area contributed by atoms with Gasteiger partial charge in [-0.25, -0.2) is 27.0 Å². The molecular formula is C30H36F2N6O5S. The molecule has 5 N–H and O–H groups in total. The maximum absolute atomic E-state index is 14.2. The Morgan fingerprint density at radius 2 is 1.86 bits per heavy atom. The second kappa shape index (κ2) is 14.4. The van der Waals surface area contributed by atoms with Crippen LogP contribution >= 0.6 is 0 Å². The van der Waals surface area contributed by atoms with Gasteiger partial charge in [-0.15, -0.1) is 0 Å². The zero-order valence-corrected chi connectivity index (χ0v) is 25.3. The van der Waals surface area contributed by atoms with Crippen molar-refractivity contribution in [2.24, 2.45) is 5.73 Å². The number of likely N-dealkylation sites (tertiary alicyclic amines) is 1. The van der Waals surface area contributed by atoms with Crippen molar-refractivity contribution in [1.29, 1.82) is 0 Å². The van der Waals surface area contributed by atoms with Crippen LogP contribution in [0, 0.1) is 11.6 Å². The van der Waals surface area contributed by atoms with Crippen LogP contribution in [0.5, 0.6) is 11.6 Å². The summed E-state index contributed by atoms with van der Waals surface area (Å²) in [4.78, 5) is 30.9. The molecule has 1 saturated heterocycles. The molecule has 0 radical (unpaired) electrons. The molecule has 4 rings (SSSR count). The lowest BCUT2D eigenvalue weighted by Gasteiger charge is -2.40. The van der Waals surface area contributed by atoms with Crippen molar-refractivity contribution in [3.05, 3.63) is 77.5 Å². The molecule has 236 valence electrons. The molecule has 0 bridgehead atoms. The van der Waals surface area contributed by atoms with Crippen LogP contribution in [0.1, 0.15) is 54.9 Å². The summed E-state index contributed by atoms with van der Waals surface area (Å²) in [5.41, 5.74) is 5.71. The van der Waals surface area contributed by atoms with E-state index in [-0.39, 0.29) is 17.8 Å². The molecule has 1 fully saturated rings. The third-order valence-corrected chi connectivity index (χ3v) is 7.80. The van der Waals surface area contributed by atoms with Crippen LogP contribution < -0.4 is 25.8 Å². The number of halogens is 2. The lowest BCUT2D eigenvalue weighted by Crippen LogP contribution is -2.50. The number of carbonyl (C=O) groups excluding carboxylic acids is 2. The maximum Gasteiger partial charge on any atom is 0.319 e. The first kappa shape index (κ1) is 32.6. The number of rotatable bonds is 12. The number of piperidine rings is 1. The molecule has 0 saturated carbocycles. The van der Waals surface area contributed by atoms with Gasteiger partial charge in [0.25, 0.3) is 5.91 Å². The number of ether oxygens (including phenoxy) is 1. The van der Waals surface area contributed by atoms with Crippen molar-refractivity contribution in [2.75, 3.05) is 22.8 Å². The number of unbranched alkanes of at least 4 members (excludes halogenated alkanes) is 1. The number of sulfonamides is 1. The van der Waals surface area contributed by atoms with Gasteiger partial charge in [0.2, 0.25) is 15.9 Å². The summed E-state index contributed by atoms with van der Waals surface area (Å²) in [6.07, 6.45) is 7.15. The second-order valence-corrected chi connectivity index (χ2v) is 12.5. The van der Waals surface area contributed by atoms with Gasteiger partial charge in [0, 0.05) is 49.2 Å². The second-order valence-electron chi connectivity index (χ2n) is 10.8. The number of hydrogen-bond acceptors (Lipinski definition) is 7. The van der Waals surface area contributed by atoms with Crippen LogP contribution in [0.15, 0.2) is 54.7 Å². The fourth-order valence-corrected chi connectivity index (χ4v) is 5.65. The largest absolute Gasteiger partial charge is 0.439 e. The van der Waals surface area contributed by atoms with E-state index in [2.05, 4.69) is 32.2 Å². The van der Waals surface area contributed by atoms with Gasteiger partial charge >= 0.3 is 6.03 Å². The fraction of sp³-hybridized carbons (Fsp3) is 0.367. The van der Waals surface area contributed by atoms with Gasteiger partial charge in [0.15, 0.2) is 0 Å².